The van der Waals surface area contributed by atoms with Crippen LogP contribution in [-0.2, 0) is 0 Å². The molecular weight excluding hydrogens is 274 g/mol. The van der Waals surface area contributed by atoms with E-state index in [1.54, 1.807) is 12.4 Å². The molecule has 6 heteroatoms. The van der Waals surface area contributed by atoms with Crippen molar-refractivity contribution in [2.24, 2.45) is 0 Å². The van der Waals surface area contributed by atoms with E-state index in [9.17, 15) is 0 Å². The van der Waals surface area contributed by atoms with Crippen molar-refractivity contribution in [2.75, 3.05) is 41.7 Å². The summed E-state index contributed by atoms with van der Waals surface area (Å²) in [4.78, 5) is 13.0. The number of rotatable bonds is 2. The van der Waals surface area contributed by atoms with Crippen LogP contribution in [0.4, 0.5) is 17.3 Å². The van der Waals surface area contributed by atoms with Crippen LogP contribution >= 0.6 is 11.6 Å². The van der Waals surface area contributed by atoms with Crippen molar-refractivity contribution in [3.63, 3.8) is 0 Å². The van der Waals surface area contributed by atoms with E-state index in [4.69, 9.17) is 17.3 Å². The monoisotopic (exact) mass is 289 g/mol. The minimum Gasteiger partial charge on any atom is -0.396 e. The average Bonchev–Trinajstić information content (AvgIpc) is 2.49. The molecule has 2 aromatic rings. The van der Waals surface area contributed by atoms with Crippen molar-refractivity contribution in [3.05, 3.63) is 41.7 Å². The van der Waals surface area contributed by atoms with Gasteiger partial charge in [0.1, 0.15) is 0 Å². The highest BCUT2D eigenvalue weighted by molar-refractivity contribution is 6.30. The zero-order valence-corrected chi connectivity index (χ0v) is 11.8. The Morgan fingerprint density at radius 1 is 0.900 bits per heavy atom. The van der Waals surface area contributed by atoms with Gasteiger partial charge in [-0.25, -0.2) is 9.97 Å². The molecular formula is C14H16ClN5. The van der Waals surface area contributed by atoms with Crippen molar-refractivity contribution in [3.8, 4) is 0 Å². The van der Waals surface area contributed by atoms with Gasteiger partial charge in [-0.2, -0.15) is 0 Å². The Morgan fingerprint density at radius 3 is 2.05 bits per heavy atom. The van der Waals surface area contributed by atoms with E-state index in [1.165, 1.54) is 5.69 Å². The molecule has 0 bridgehead atoms. The lowest BCUT2D eigenvalue weighted by molar-refractivity contribution is 0.640. The minimum absolute atomic E-state index is 0.591. The summed E-state index contributed by atoms with van der Waals surface area (Å²) in [6, 6.07) is 7.95. The zero-order valence-electron chi connectivity index (χ0n) is 11.0. The number of halogens is 1. The van der Waals surface area contributed by atoms with Crippen molar-refractivity contribution >= 4 is 28.9 Å². The molecule has 2 N–H and O–H groups in total. The predicted molar refractivity (Wildman–Crippen MR) is 82.3 cm³/mol. The summed E-state index contributed by atoms with van der Waals surface area (Å²) in [7, 11) is 0. The first-order valence-electron chi connectivity index (χ1n) is 6.55. The van der Waals surface area contributed by atoms with Gasteiger partial charge in [-0.3, -0.25) is 0 Å². The molecule has 1 aliphatic heterocycles. The fourth-order valence-electron chi connectivity index (χ4n) is 2.31. The van der Waals surface area contributed by atoms with Crippen LogP contribution in [0.25, 0.3) is 0 Å². The first-order chi connectivity index (χ1) is 9.72. The standard InChI is InChI=1S/C14H16ClN5/c15-11-1-3-13(4-2-11)19-5-7-20(8-6-19)14-17-9-12(16)10-18-14/h1-4,9-10H,5-8,16H2. The highest BCUT2D eigenvalue weighted by Gasteiger charge is 2.18. The first kappa shape index (κ1) is 13.0. The van der Waals surface area contributed by atoms with E-state index in [0.717, 1.165) is 37.1 Å². The van der Waals surface area contributed by atoms with Crippen LogP contribution in [0.3, 0.4) is 0 Å². The molecule has 0 atom stereocenters. The molecule has 5 nitrogen and oxygen atoms in total. The summed E-state index contributed by atoms with van der Waals surface area (Å²) in [6.45, 7) is 3.67. The maximum absolute atomic E-state index is 5.91. The van der Waals surface area contributed by atoms with Crippen LogP contribution in [-0.4, -0.2) is 36.1 Å². The molecule has 0 saturated carbocycles. The molecule has 0 radical (unpaired) electrons. The Hall–Kier alpha value is -2.01. The van der Waals surface area contributed by atoms with E-state index in [1.807, 2.05) is 12.1 Å². The molecule has 2 heterocycles. The summed E-state index contributed by atoms with van der Waals surface area (Å²) < 4.78 is 0. The van der Waals surface area contributed by atoms with Gasteiger partial charge in [0.05, 0.1) is 18.1 Å². The number of nitrogen functional groups attached to an aromatic ring is 1. The van der Waals surface area contributed by atoms with Crippen LogP contribution in [0.1, 0.15) is 0 Å². The van der Waals surface area contributed by atoms with E-state index in [2.05, 4.69) is 31.9 Å². The molecule has 0 spiro atoms. The SMILES string of the molecule is Nc1cnc(N2CCN(c3ccc(Cl)cc3)CC2)nc1. The third-order valence-corrected chi connectivity index (χ3v) is 3.66. The molecule has 104 valence electrons. The quantitative estimate of drug-likeness (QED) is 0.917. The number of aromatic nitrogens is 2. The van der Waals surface area contributed by atoms with Gasteiger partial charge < -0.3 is 15.5 Å². The lowest BCUT2D eigenvalue weighted by Gasteiger charge is -2.36. The normalized spacial score (nSPS) is 15.4. The molecule has 1 aliphatic rings. The maximum Gasteiger partial charge on any atom is 0.225 e. The number of nitrogens with zero attached hydrogens (tertiary/aromatic N) is 4. The largest absolute Gasteiger partial charge is 0.396 e. The summed E-state index contributed by atoms with van der Waals surface area (Å²) >= 11 is 5.91. The van der Waals surface area contributed by atoms with Crippen LogP contribution < -0.4 is 15.5 Å². The number of hydrogen-bond acceptors (Lipinski definition) is 5. The second-order valence-corrected chi connectivity index (χ2v) is 5.20. The molecule has 1 aromatic heterocycles. The predicted octanol–water partition coefficient (Wildman–Crippen LogP) is 2.04. The van der Waals surface area contributed by atoms with Crippen molar-refractivity contribution in [1.29, 1.82) is 0 Å². The third-order valence-electron chi connectivity index (χ3n) is 3.41. The third kappa shape index (κ3) is 2.77. The Morgan fingerprint density at radius 2 is 1.45 bits per heavy atom. The van der Waals surface area contributed by atoms with Gasteiger partial charge in [0.25, 0.3) is 0 Å². The van der Waals surface area contributed by atoms with Crippen molar-refractivity contribution in [1.82, 2.24) is 9.97 Å². The van der Waals surface area contributed by atoms with Crippen LogP contribution in [0.15, 0.2) is 36.7 Å². The van der Waals surface area contributed by atoms with Crippen LogP contribution in [0.2, 0.25) is 5.02 Å². The van der Waals surface area contributed by atoms with Crippen molar-refractivity contribution < 1.29 is 0 Å². The van der Waals surface area contributed by atoms with Crippen molar-refractivity contribution in [2.45, 2.75) is 0 Å². The molecule has 1 fully saturated rings. The highest BCUT2D eigenvalue weighted by atomic mass is 35.5. The second kappa shape index (κ2) is 5.54. The van der Waals surface area contributed by atoms with Crippen LogP contribution in [0.5, 0.6) is 0 Å². The Bertz CT molecular complexity index is 508. The maximum atomic E-state index is 5.91. The zero-order chi connectivity index (χ0) is 13.9. The average molecular weight is 290 g/mol. The van der Waals surface area contributed by atoms with E-state index >= 15 is 0 Å². The lowest BCUT2D eigenvalue weighted by atomic mass is 10.2. The van der Waals surface area contributed by atoms with Gasteiger partial charge in [0.2, 0.25) is 5.95 Å². The molecule has 1 saturated heterocycles. The number of nitrogens with two attached hydrogens (primary N) is 1. The molecule has 0 aliphatic carbocycles. The van der Waals surface area contributed by atoms with Gasteiger partial charge in [0.15, 0.2) is 0 Å². The number of piperazine rings is 1. The van der Waals surface area contributed by atoms with Gasteiger partial charge in [0, 0.05) is 36.9 Å². The first-order valence-corrected chi connectivity index (χ1v) is 6.93. The molecule has 20 heavy (non-hydrogen) atoms. The molecule has 3 rings (SSSR count). The summed E-state index contributed by atoms with van der Waals surface area (Å²) in [5.74, 6) is 0.745. The smallest absolute Gasteiger partial charge is 0.225 e. The number of benzene rings is 1. The molecule has 1 aromatic carbocycles. The summed E-state index contributed by atoms with van der Waals surface area (Å²) in [5, 5.41) is 0.766. The second-order valence-electron chi connectivity index (χ2n) is 4.77. The van der Waals surface area contributed by atoms with E-state index in [-0.39, 0.29) is 0 Å². The summed E-state index contributed by atoms with van der Waals surface area (Å²) in [6.07, 6.45) is 3.29. The Balaban J connectivity index is 1.64. The number of anilines is 3. The highest BCUT2D eigenvalue weighted by Crippen LogP contribution is 2.20. The van der Waals surface area contributed by atoms with Gasteiger partial charge >= 0.3 is 0 Å². The fourth-order valence-corrected chi connectivity index (χ4v) is 2.44. The molecule has 0 amide bonds. The molecule has 0 unspecified atom stereocenters. The van der Waals surface area contributed by atoms with Gasteiger partial charge in [-0.1, -0.05) is 11.6 Å². The minimum atomic E-state index is 0.591. The topological polar surface area (TPSA) is 58.3 Å². The summed E-state index contributed by atoms with van der Waals surface area (Å²) in [5.41, 5.74) is 7.40. The van der Waals surface area contributed by atoms with Crippen LogP contribution in [0, 0.1) is 0 Å². The number of hydrogen-bond donors (Lipinski definition) is 1. The van der Waals surface area contributed by atoms with Gasteiger partial charge in [-0.05, 0) is 24.3 Å². The lowest BCUT2D eigenvalue weighted by Crippen LogP contribution is -2.47. The Kier molecular flexibility index (Phi) is 3.60. The van der Waals surface area contributed by atoms with Gasteiger partial charge in [-0.15, -0.1) is 0 Å². The Labute approximate surface area is 123 Å². The van der Waals surface area contributed by atoms with E-state index < -0.39 is 0 Å². The fraction of sp³-hybridized carbons (Fsp3) is 0.286. The van der Waals surface area contributed by atoms with E-state index in [0.29, 0.717) is 5.69 Å².